The lowest BCUT2D eigenvalue weighted by molar-refractivity contribution is 0.159. The fourth-order valence-corrected chi connectivity index (χ4v) is 4.29. The van der Waals surface area contributed by atoms with Gasteiger partial charge in [0.15, 0.2) is 11.6 Å². The lowest BCUT2D eigenvalue weighted by Crippen LogP contribution is -2.42. The van der Waals surface area contributed by atoms with E-state index in [-0.39, 0.29) is 23.2 Å². The Morgan fingerprint density at radius 3 is 2.60 bits per heavy atom. The number of nitrogens with one attached hydrogen (secondary N) is 2. The number of nitrogens with zero attached hydrogens (tertiary/aromatic N) is 3. The van der Waals surface area contributed by atoms with Crippen molar-refractivity contribution >= 4 is 11.7 Å². The fraction of sp³-hybridized carbons (Fsp3) is 0.320. The van der Waals surface area contributed by atoms with Crippen LogP contribution in [-0.4, -0.2) is 60.1 Å². The van der Waals surface area contributed by atoms with E-state index in [0.29, 0.717) is 37.5 Å². The lowest BCUT2D eigenvalue weighted by atomic mass is 9.94. The third-order valence-electron chi connectivity index (χ3n) is 6.08. The summed E-state index contributed by atoms with van der Waals surface area (Å²) in [4.78, 5) is 27.4. The Balaban J connectivity index is 1.56. The van der Waals surface area contributed by atoms with Crippen LogP contribution in [0.3, 0.4) is 0 Å². The molecule has 0 spiro atoms. The molecule has 1 aliphatic rings. The summed E-state index contributed by atoms with van der Waals surface area (Å²) >= 11 is 0. The molecule has 1 saturated heterocycles. The van der Waals surface area contributed by atoms with Crippen molar-refractivity contribution in [3.8, 4) is 11.3 Å². The van der Waals surface area contributed by atoms with Crippen LogP contribution in [0.1, 0.15) is 11.5 Å². The van der Waals surface area contributed by atoms with Gasteiger partial charge in [-0.05, 0) is 17.7 Å². The van der Waals surface area contributed by atoms with Crippen molar-refractivity contribution in [3.05, 3.63) is 82.1 Å². The molecule has 1 aliphatic heterocycles. The van der Waals surface area contributed by atoms with Crippen LogP contribution in [0.25, 0.3) is 11.3 Å². The molecule has 0 bridgehead atoms. The summed E-state index contributed by atoms with van der Waals surface area (Å²) in [6.07, 6.45) is 0. The van der Waals surface area contributed by atoms with E-state index in [4.69, 9.17) is 4.74 Å². The highest BCUT2D eigenvalue weighted by atomic mass is 19.2. The Bertz CT molecular complexity index is 1250. The van der Waals surface area contributed by atoms with Crippen LogP contribution in [0, 0.1) is 11.6 Å². The highest BCUT2D eigenvalue weighted by Gasteiger charge is 2.35. The molecule has 0 saturated carbocycles. The first-order valence-corrected chi connectivity index (χ1v) is 11.2. The van der Waals surface area contributed by atoms with Gasteiger partial charge in [-0.3, -0.25) is 9.69 Å². The Morgan fingerprint density at radius 1 is 1.11 bits per heavy atom. The Morgan fingerprint density at radius 2 is 1.89 bits per heavy atom. The Labute approximate surface area is 201 Å². The first-order valence-electron chi connectivity index (χ1n) is 11.2. The predicted octanol–water partition coefficient (Wildman–Crippen LogP) is 2.96. The molecule has 4 rings (SSSR count). The molecule has 1 aromatic heterocycles. The van der Waals surface area contributed by atoms with E-state index in [1.807, 2.05) is 30.3 Å². The molecule has 0 aliphatic carbocycles. The molecule has 35 heavy (non-hydrogen) atoms. The molecule has 0 unspecified atom stereocenters. The summed E-state index contributed by atoms with van der Waals surface area (Å²) in [5, 5.41) is 10.0. The van der Waals surface area contributed by atoms with Crippen LogP contribution in [0.15, 0.2) is 59.4 Å². The average molecular weight is 484 g/mol. The number of hydrogen-bond acceptors (Lipinski definition) is 5. The second kappa shape index (κ2) is 10.7. The summed E-state index contributed by atoms with van der Waals surface area (Å²) in [6.45, 7) is 2.18. The van der Waals surface area contributed by atoms with Gasteiger partial charge in [0.25, 0.3) is 5.56 Å². The number of urea groups is 1. The molecule has 0 radical (unpaired) electrons. The SMILES string of the molecule is COCCN1C[C@@H](NC(=O)Nc2cc(=O)n(C)nc2-c2ccccc2)[C@H](c2ccc(F)c(F)c2)C1. The fourth-order valence-electron chi connectivity index (χ4n) is 4.29. The number of aryl methyl sites for hydroxylation is 1. The van der Waals surface area contributed by atoms with Crippen LogP contribution >= 0.6 is 0 Å². The number of anilines is 1. The van der Waals surface area contributed by atoms with Gasteiger partial charge in [0.05, 0.1) is 18.3 Å². The van der Waals surface area contributed by atoms with Crippen LogP contribution in [0.5, 0.6) is 0 Å². The second-order valence-corrected chi connectivity index (χ2v) is 8.47. The number of likely N-dealkylation sites (tertiary alicyclic amines) is 1. The molecule has 10 heteroatoms. The minimum Gasteiger partial charge on any atom is -0.383 e. The van der Waals surface area contributed by atoms with Gasteiger partial charge in [0.2, 0.25) is 0 Å². The summed E-state index contributed by atoms with van der Waals surface area (Å²) in [7, 11) is 3.15. The van der Waals surface area contributed by atoms with Crippen molar-refractivity contribution in [1.29, 1.82) is 0 Å². The number of halogens is 2. The topological polar surface area (TPSA) is 88.5 Å². The van der Waals surface area contributed by atoms with Gasteiger partial charge in [-0.15, -0.1) is 0 Å². The van der Waals surface area contributed by atoms with Crippen LogP contribution in [0.4, 0.5) is 19.3 Å². The van der Waals surface area contributed by atoms with Gasteiger partial charge in [0.1, 0.15) is 5.69 Å². The lowest BCUT2D eigenvalue weighted by Gasteiger charge is -2.21. The average Bonchev–Trinajstić information content (AvgIpc) is 3.24. The maximum Gasteiger partial charge on any atom is 0.319 e. The number of amides is 2. The predicted molar refractivity (Wildman–Crippen MR) is 128 cm³/mol. The van der Waals surface area contributed by atoms with Crippen molar-refractivity contribution in [2.24, 2.45) is 7.05 Å². The smallest absolute Gasteiger partial charge is 0.319 e. The van der Waals surface area contributed by atoms with E-state index in [2.05, 4.69) is 20.6 Å². The van der Waals surface area contributed by atoms with Gasteiger partial charge < -0.3 is 15.4 Å². The third-order valence-corrected chi connectivity index (χ3v) is 6.08. The van der Waals surface area contributed by atoms with Gasteiger partial charge in [-0.1, -0.05) is 36.4 Å². The van der Waals surface area contributed by atoms with Crippen LogP contribution in [0.2, 0.25) is 0 Å². The zero-order valence-electron chi connectivity index (χ0n) is 19.5. The van der Waals surface area contributed by atoms with E-state index in [0.717, 1.165) is 11.6 Å². The molecule has 2 atom stereocenters. The Hall–Kier alpha value is -3.63. The molecule has 1 fully saturated rings. The number of methoxy groups -OCH3 is 1. The molecular weight excluding hydrogens is 456 g/mol. The second-order valence-electron chi connectivity index (χ2n) is 8.47. The first kappa shape index (κ1) is 24.5. The molecule has 2 heterocycles. The molecule has 184 valence electrons. The minimum absolute atomic E-state index is 0.261. The van der Waals surface area contributed by atoms with Gasteiger partial charge in [0, 0.05) is 51.3 Å². The number of ether oxygens (including phenoxy) is 1. The van der Waals surface area contributed by atoms with E-state index >= 15 is 0 Å². The highest BCUT2D eigenvalue weighted by molar-refractivity contribution is 5.93. The zero-order chi connectivity index (χ0) is 24.9. The highest BCUT2D eigenvalue weighted by Crippen LogP contribution is 2.29. The summed E-state index contributed by atoms with van der Waals surface area (Å²) in [5.74, 6) is -2.11. The largest absolute Gasteiger partial charge is 0.383 e. The molecule has 2 N–H and O–H groups in total. The van der Waals surface area contributed by atoms with Crippen molar-refractivity contribution < 1.29 is 18.3 Å². The summed E-state index contributed by atoms with van der Waals surface area (Å²) < 4.78 is 33.8. The Kier molecular flexibility index (Phi) is 7.52. The van der Waals surface area contributed by atoms with E-state index in [1.165, 1.54) is 29.9 Å². The van der Waals surface area contributed by atoms with E-state index in [9.17, 15) is 18.4 Å². The van der Waals surface area contributed by atoms with Crippen molar-refractivity contribution in [1.82, 2.24) is 20.0 Å². The maximum absolute atomic E-state index is 13.9. The van der Waals surface area contributed by atoms with Gasteiger partial charge in [-0.25, -0.2) is 18.3 Å². The van der Waals surface area contributed by atoms with Crippen LogP contribution < -0.4 is 16.2 Å². The van der Waals surface area contributed by atoms with Crippen molar-refractivity contribution in [2.45, 2.75) is 12.0 Å². The summed E-state index contributed by atoms with van der Waals surface area (Å²) in [5.41, 5.74) is 1.69. The first-order chi connectivity index (χ1) is 16.9. The third kappa shape index (κ3) is 5.72. The van der Waals surface area contributed by atoms with E-state index in [1.54, 1.807) is 7.11 Å². The van der Waals surface area contributed by atoms with E-state index < -0.39 is 17.7 Å². The minimum atomic E-state index is -0.931. The standard InChI is InChI=1S/C25H27F2N5O3/c1-31-23(33)13-21(24(30-31)16-6-4-3-5-7-16)28-25(34)29-22-15-32(10-11-35-2)14-18(22)17-8-9-19(26)20(27)12-17/h3-9,12-13,18,22H,10-11,14-15H2,1-2H3,(H2,28,29,34)/t18-,22+/m0/s1. The molecule has 2 amide bonds. The number of benzene rings is 2. The molecule has 2 aromatic carbocycles. The zero-order valence-corrected chi connectivity index (χ0v) is 19.5. The van der Waals surface area contributed by atoms with Crippen molar-refractivity contribution in [3.63, 3.8) is 0 Å². The van der Waals surface area contributed by atoms with Crippen molar-refractivity contribution in [2.75, 3.05) is 38.7 Å². The number of rotatable bonds is 7. The normalized spacial score (nSPS) is 17.9. The maximum atomic E-state index is 13.9. The van der Waals surface area contributed by atoms with Gasteiger partial charge >= 0.3 is 6.03 Å². The van der Waals surface area contributed by atoms with Crippen LogP contribution in [-0.2, 0) is 11.8 Å². The number of carbonyl (C=O) groups excluding carboxylic acids is 1. The number of carbonyl (C=O) groups is 1. The molecule has 3 aromatic rings. The number of hydrogen-bond donors (Lipinski definition) is 2. The molecule has 8 nitrogen and oxygen atoms in total. The molecular formula is C25H27F2N5O3. The number of aromatic nitrogens is 2. The summed E-state index contributed by atoms with van der Waals surface area (Å²) in [6, 6.07) is 13.4. The monoisotopic (exact) mass is 483 g/mol. The van der Waals surface area contributed by atoms with Gasteiger partial charge in [-0.2, -0.15) is 5.10 Å². The quantitative estimate of drug-likeness (QED) is 0.540.